The first-order valence-electron chi connectivity index (χ1n) is 11.1. The molecule has 2 aromatic carbocycles. The molecule has 7 nitrogen and oxygen atoms in total. The van der Waals surface area contributed by atoms with E-state index in [0.717, 1.165) is 34.9 Å². The van der Waals surface area contributed by atoms with Crippen LogP contribution in [0.3, 0.4) is 0 Å². The number of carbonyl (C=O) groups excluding carboxylic acids is 2. The highest BCUT2D eigenvalue weighted by molar-refractivity contribution is 6.00. The SMILES string of the molecule is Cc1ccc(N2CC(C(=O)N3CCC(Oc4nncc5ccccc45)CC3)CC2=O)cc1. The van der Waals surface area contributed by atoms with E-state index in [-0.39, 0.29) is 30.3 Å². The molecule has 0 aliphatic carbocycles. The molecule has 3 aromatic rings. The van der Waals surface area contributed by atoms with E-state index in [2.05, 4.69) is 10.2 Å². The van der Waals surface area contributed by atoms with Gasteiger partial charge in [0.05, 0.1) is 12.1 Å². The van der Waals surface area contributed by atoms with Crippen LogP contribution in [-0.4, -0.2) is 52.6 Å². The number of ether oxygens (including phenoxy) is 1. The van der Waals surface area contributed by atoms with Crippen LogP contribution in [0.2, 0.25) is 0 Å². The van der Waals surface area contributed by atoms with Gasteiger partial charge in [-0.05, 0) is 25.1 Å². The molecule has 2 aliphatic rings. The maximum absolute atomic E-state index is 13.1. The molecule has 0 N–H and O–H groups in total. The van der Waals surface area contributed by atoms with Crippen molar-refractivity contribution >= 4 is 28.3 Å². The maximum atomic E-state index is 13.1. The Morgan fingerprint density at radius 1 is 1.06 bits per heavy atom. The van der Waals surface area contributed by atoms with Crippen LogP contribution in [0.4, 0.5) is 5.69 Å². The summed E-state index contributed by atoms with van der Waals surface area (Å²) >= 11 is 0. The van der Waals surface area contributed by atoms with Gasteiger partial charge in [0, 0.05) is 55.4 Å². The lowest BCUT2D eigenvalue weighted by Gasteiger charge is -2.33. The summed E-state index contributed by atoms with van der Waals surface area (Å²) in [6.07, 6.45) is 3.47. The van der Waals surface area contributed by atoms with Gasteiger partial charge in [0.2, 0.25) is 17.7 Å². The zero-order valence-electron chi connectivity index (χ0n) is 18.1. The van der Waals surface area contributed by atoms with Crippen molar-refractivity contribution in [3.63, 3.8) is 0 Å². The molecule has 1 aromatic heterocycles. The summed E-state index contributed by atoms with van der Waals surface area (Å²) in [4.78, 5) is 29.3. The number of hydrogen-bond acceptors (Lipinski definition) is 5. The second-order valence-corrected chi connectivity index (χ2v) is 8.62. The minimum absolute atomic E-state index is 0.00609. The molecule has 164 valence electrons. The standard InChI is InChI=1S/C25H26N4O3/c1-17-6-8-20(9-7-17)29-16-19(14-23(29)30)25(31)28-12-10-21(11-13-28)32-24-22-5-3-2-4-18(22)15-26-27-24/h2-9,15,19,21H,10-14,16H2,1H3. The molecule has 2 amide bonds. The maximum Gasteiger partial charge on any atom is 0.241 e. The van der Waals surface area contributed by atoms with Crippen LogP contribution in [0, 0.1) is 12.8 Å². The Labute approximate surface area is 187 Å². The first kappa shape index (κ1) is 20.4. The summed E-state index contributed by atoms with van der Waals surface area (Å²) in [6, 6.07) is 15.8. The predicted octanol–water partition coefficient (Wildman–Crippen LogP) is 3.36. The van der Waals surface area contributed by atoms with E-state index in [1.165, 1.54) is 0 Å². The molecule has 1 atom stereocenters. The minimum atomic E-state index is -0.287. The first-order valence-corrected chi connectivity index (χ1v) is 11.1. The number of hydrogen-bond donors (Lipinski definition) is 0. The summed E-state index contributed by atoms with van der Waals surface area (Å²) in [7, 11) is 0. The molecule has 0 radical (unpaired) electrons. The van der Waals surface area contributed by atoms with Crippen molar-refractivity contribution < 1.29 is 14.3 Å². The average molecular weight is 431 g/mol. The number of fused-ring (bicyclic) bond motifs is 1. The minimum Gasteiger partial charge on any atom is -0.473 e. The number of anilines is 1. The normalized spacial score (nSPS) is 19.5. The van der Waals surface area contributed by atoms with Gasteiger partial charge in [0.25, 0.3) is 0 Å². The Hall–Kier alpha value is -3.48. The lowest BCUT2D eigenvalue weighted by atomic mass is 10.0. The molecule has 32 heavy (non-hydrogen) atoms. The lowest BCUT2D eigenvalue weighted by Crippen LogP contribution is -2.45. The van der Waals surface area contributed by atoms with Crippen molar-refractivity contribution in [2.75, 3.05) is 24.5 Å². The second kappa shape index (κ2) is 8.57. The van der Waals surface area contributed by atoms with E-state index in [4.69, 9.17) is 4.74 Å². The molecule has 1 unspecified atom stereocenters. The van der Waals surface area contributed by atoms with E-state index in [1.54, 1.807) is 11.1 Å². The number of piperidine rings is 1. The van der Waals surface area contributed by atoms with Gasteiger partial charge in [0.1, 0.15) is 6.10 Å². The van der Waals surface area contributed by atoms with Crippen LogP contribution in [0.5, 0.6) is 5.88 Å². The van der Waals surface area contributed by atoms with E-state index in [9.17, 15) is 9.59 Å². The summed E-state index contributed by atoms with van der Waals surface area (Å²) in [6.45, 7) is 3.71. The number of amides is 2. The Morgan fingerprint density at radius 3 is 2.59 bits per heavy atom. The highest BCUT2D eigenvalue weighted by atomic mass is 16.5. The molecule has 0 spiro atoms. The van der Waals surface area contributed by atoms with Crippen LogP contribution in [0.15, 0.2) is 54.7 Å². The summed E-state index contributed by atoms with van der Waals surface area (Å²) in [5, 5.41) is 10.2. The van der Waals surface area contributed by atoms with E-state index in [1.807, 2.05) is 60.4 Å². The van der Waals surface area contributed by atoms with Crippen molar-refractivity contribution in [1.82, 2.24) is 15.1 Å². The van der Waals surface area contributed by atoms with Gasteiger partial charge < -0.3 is 14.5 Å². The number of rotatable bonds is 4. The number of aromatic nitrogens is 2. The summed E-state index contributed by atoms with van der Waals surface area (Å²) < 4.78 is 6.15. The first-order chi connectivity index (χ1) is 15.6. The largest absolute Gasteiger partial charge is 0.473 e. The zero-order chi connectivity index (χ0) is 22.1. The lowest BCUT2D eigenvalue weighted by molar-refractivity contribution is -0.137. The summed E-state index contributed by atoms with van der Waals surface area (Å²) in [5.41, 5.74) is 2.01. The van der Waals surface area contributed by atoms with Gasteiger partial charge in [-0.25, -0.2) is 0 Å². The van der Waals surface area contributed by atoms with Gasteiger partial charge in [0.15, 0.2) is 0 Å². The smallest absolute Gasteiger partial charge is 0.241 e. The number of aryl methyl sites for hydroxylation is 1. The molecule has 3 heterocycles. The molecular weight excluding hydrogens is 404 g/mol. The fourth-order valence-electron chi connectivity index (χ4n) is 4.55. The fraction of sp³-hybridized carbons (Fsp3) is 0.360. The van der Waals surface area contributed by atoms with Crippen molar-refractivity contribution in [3.8, 4) is 5.88 Å². The predicted molar refractivity (Wildman–Crippen MR) is 121 cm³/mol. The molecule has 2 saturated heterocycles. The molecule has 7 heteroatoms. The third-order valence-electron chi connectivity index (χ3n) is 6.39. The average Bonchev–Trinajstić information content (AvgIpc) is 3.21. The van der Waals surface area contributed by atoms with Crippen LogP contribution >= 0.6 is 0 Å². The van der Waals surface area contributed by atoms with Crippen LogP contribution in [0.25, 0.3) is 10.8 Å². The number of benzene rings is 2. The van der Waals surface area contributed by atoms with Crippen LogP contribution in [-0.2, 0) is 9.59 Å². The van der Waals surface area contributed by atoms with Gasteiger partial charge >= 0.3 is 0 Å². The van der Waals surface area contributed by atoms with Gasteiger partial charge in [-0.1, -0.05) is 35.9 Å². The Balaban J connectivity index is 1.19. The van der Waals surface area contributed by atoms with Crippen molar-refractivity contribution in [3.05, 3.63) is 60.3 Å². The van der Waals surface area contributed by atoms with Gasteiger partial charge in [-0.15, -0.1) is 5.10 Å². The summed E-state index contributed by atoms with van der Waals surface area (Å²) in [5.74, 6) is 0.338. The van der Waals surface area contributed by atoms with Crippen LogP contribution < -0.4 is 9.64 Å². The topological polar surface area (TPSA) is 75.6 Å². The van der Waals surface area contributed by atoms with Crippen molar-refractivity contribution in [1.29, 1.82) is 0 Å². The highest BCUT2D eigenvalue weighted by Gasteiger charge is 2.38. The van der Waals surface area contributed by atoms with Gasteiger partial charge in [-0.2, -0.15) is 5.10 Å². The van der Waals surface area contributed by atoms with Crippen molar-refractivity contribution in [2.45, 2.75) is 32.3 Å². The van der Waals surface area contributed by atoms with E-state index >= 15 is 0 Å². The molecule has 2 aliphatic heterocycles. The Bertz CT molecular complexity index is 1130. The molecule has 0 bridgehead atoms. The highest BCUT2D eigenvalue weighted by Crippen LogP contribution is 2.29. The molecule has 2 fully saturated rings. The van der Waals surface area contributed by atoms with E-state index in [0.29, 0.717) is 25.5 Å². The number of nitrogens with zero attached hydrogens (tertiary/aromatic N) is 4. The van der Waals surface area contributed by atoms with Crippen LogP contribution in [0.1, 0.15) is 24.8 Å². The quantitative estimate of drug-likeness (QED) is 0.634. The number of likely N-dealkylation sites (tertiary alicyclic amines) is 1. The third-order valence-corrected chi connectivity index (χ3v) is 6.39. The van der Waals surface area contributed by atoms with E-state index < -0.39 is 0 Å². The molecule has 5 rings (SSSR count). The monoisotopic (exact) mass is 430 g/mol. The Morgan fingerprint density at radius 2 is 1.81 bits per heavy atom. The zero-order valence-corrected chi connectivity index (χ0v) is 18.1. The Kier molecular flexibility index (Phi) is 5.47. The number of carbonyl (C=O) groups is 2. The second-order valence-electron chi connectivity index (χ2n) is 8.62. The van der Waals surface area contributed by atoms with Crippen molar-refractivity contribution in [2.24, 2.45) is 5.92 Å². The third kappa shape index (κ3) is 4.02. The molecule has 0 saturated carbocycles. The molecular formula is C25H26N4O3. The fourth-order valence-corrected chi connectivity index (χ4v) is 4.55. The van der Waals surface area contributed by atoms with Gasteiger partial charge in [-0.3, -0.25) is 9.59 Å².